The summed E-state index contributed by atoms with van der Waals surface area (Å²) < 4.78 is 38.2. The number of aromatic amines is 1. The standard InChI is InChI=1S/C14H11F3N6O2/c1-7-8-4-2-3-5-9(8)11(25)23(22-7)6-10(24)18-13-19-12(20-21-13)14(15,16)17/h2-5H,6H2,1H3,(H2,18,19,20,21,24). The Morgan fingerprint density at radius 3 is 2.60 bits per heavy atom. The molecule has 1 aromatic carbocycles. The number of nitrogens with zero attached hydrogens (tertiary/aromatic N) is 4. The molecule has 0 aliphatic heterocycles. The maximum absolute atomic E-state index is 12.4. The first-order valence-corrected chi connectivity index (χ1v) is 7.01. The van der Waals surface area contributed by atoms with Crippen molar-refractivity contribution in [3.63, 3.8) is 0 Å². The zero-order chi connectivity index (χ0) is 18.2. The van der Waals surface area contributed by atoms with Crippen LogP contribution in [0.1, 0.15) is 11.5 Å². The molecule has 0 saturated heterocycles. The number of nitrogens with one attached hydrogen (secondary N) is 2. The topological polar surface area (TPSA) is 106 Å². The van der Waals surface area contributed by atoms with Gasteiger partial charge in [-0.15, -0.1) is 5.10 Å². The van der Waals surface area contributed by atoms with Crippen LogP contribution in [0.25, 0.3) is 10.8 Å². The van der Waals surface area contributed by atoms with Gasteiger partial charge in [0.05, 0.1) is 11.1 Å². The predicted octanol–water partition coefficient (Wildman–Crippen LogP) is 1.48. The number of amides is 1. The predicted molar refractivity (Wildman–Crippen MR) is 80.8 cm³/mol. The molecule has 2 N–H and O–H groups in total. The average Bonchev–Trinajstić information content (AvgIpc) is 3.01. The second kappa shape index (κ2) is 6.00. The normalized spacial score (nSPS) is 11.7. The second-order valence-electron chi connectivity index (χ2n) is 5.15. The number of carbonyl (C=O) groups is 1. The first-order chi connectivity index (χ1) is 11.8. The van der Waals surface area contributed by atoms with E-state index >= 15 is 0 Å². The van der Waals surface area contributed by atoms with Crippen molar-refractivity contribution < 1.29 is 18.0 Å². The van der Waals surface area contributed by atoms with Crippen molar-refractivity contribution in [3.05, 3.63) is 46.1 Å². The Bertz CT molecular complexity index is 1010. The van der Waals surface area contributed by atoms with Crippen LogP contribution >= 0.6 is 0 Å². The van der Waals surface area contributed by atoms with E-state index in [9.17, 15) is 22.8 Å². The van der Waals surface area contributed by atoms with Crippen LogP contribution in [0.3, 0.4) is 0 Å². The summed E-state index contributed by atoms with van der Waals surface area (Å²) in [6.45, 7) is 1.20. The molecule has 2 aromatic heterocycles. The third-order valence-electron chi connectivity index (χ3n) is 3.35. The molecule has 0 aliphatic rings. The molecule has 0 spiro atoms. The lowest BCUT2D eigenvalue weighted by Crippen LogP contribution is -2.30. The average molecular weight is 352 g/mol. The van der Waals surface area contributed by atoms with Crippen LogP contribution in [-0.4, -0.2) is 30.9 Å². The van der Waals surface area contributed by atoms with Crippen molar-refractivity contribution in [2.24, 2.45) is 0 Å². The number of alkyl halides is 3. The molecule has 0 bridgehead atoms. The Kier molecular flexibility index (Phi) is 3.99. The van der Waals surface area contributed by atoms with E-state index in [1.165, 1.54) is 0 Å². The highest BCUT2D eigenvalue weighted by atomic mass is 19.4. The van der Waals surface area contributed by atoms with Gasteiger partial charge >= 0.3 is 6.18 Å². The number of hydrogen-bond acceptors (Lipinski definition) is 5. The maximum Gasteiger partial charge on any atom is 0.451 e. The summed E-state index contributed by atoms with van der Waals surface area (Å²) in [4.78, 5) is 27.4. The van der Waals surface area contributed by atoms with Crippen LogP contribution in [-0.2, 0) is 17.5 Å². The number of halogens is 3. The van der Waals surface area contributed by atoms with Gasteiger partial charge in [0.15, 0.2) is 0 Å². The molecule has 130 valence electrons. The van der Waals surface area contributed by atoms with Gasteiger partial charge in [0.1, 0.15) is 6.54 Å². The van der Waals surface area contributed by atoms with E-state index < -0.39 is 36.0 Å². The second-order valence-corrected chi connectivity index (χ2v) is 5.15. The lowest BCUT2D eigenvalue weighted by atomic mass is 10.1. The van der Waals surface area contributed by atoms with Gasteiger partial charge in [0, 0.05) is 5.39 Å². The smallest absolute Gasteiger partial charge is 0.292 e. The molecule has 0 saturated carbocycles. The summed E-state index contributed by atoms with van der Waals surface area (Å²) in [6, 6.07) is 6.77. The lowest BCUT2D eigenvalue weighted by Gasteiger charge is -2.08. The fourth-order valence-electron chi connectivity index (χ4n) is 2.26. The van der Waals surface area contributed by atoms with Crippen LogP contribution in [0.15, 0.2) is 29.1 Å². The van der Waals surface area contributed by atoms with Crippen LogP contribution in [0.5, 0.6) is 0 Å². The van der Waals surface area contributed by atoms with E-state index in [2.05, 4.69) is 20.5 Å². The summed E-state index contributed by atoms with van der Waals surface area (Å²) >= 11 is 0. The van der Waals surface area contributed by atoms with Crippen molar-refractivity contribution in [2.45, 2.75) is 19.6 Å². The quantitative estimate of drug-likeness (QED) is 0.743. The molecule has 0 aliphatic carbocycles. The molecule has 2 heterocycles. The molecule has 0 radical (unpaired) electrons. The molecule has 0 unspecified atom stereocenters. The van der Waals surface area contributed by atoms with Crippen LogP contribution < -0.4 is 10.9 Å². The number of carbonyl (C=O) groups excluding carboxylic acids is 1. The summed E-state index contributed by atoms with van der Waals surface area (Å²) in [5.74, 6) is -2.65. The molecular formula is C14H11F3N6O2. The van der Waals surface area contributed by atoms with Crippen LogP contribution in [0.2, 0.25) is 0 Å². The lowest BCUT2D eigenvalue weighted by molar-refractivity contribution is -0.144. The van der Waals surface area contributed by atoms with Gasteiger partial charge in [0.2, 0.25) is 17.7 Å². The monoisotopic (exact) mass is 352 g/mol. The molecule has 25 heavy (non-hydrogen) atoms. The van der Waals surface area contributed by atoms with E-state index in [0.29, 0.717) is 16.5 Å². The van der Waals surface area contributed by atoms with Gasteiger partial charge in [-0.2, -0.15) is 23.3 Å². The summed E-state index contributed by atoms with van der Waals surface area (Å²) in [7, 11) is 0. The van der Waals surface area contributed by atoms with Gasteiger partial charge in [-0.3, -0.25) is 20.0 Å². The fourth-order valence-corrected chi connectivity index (χ4v) is 2.26. The highest BCUT2D eigenvalue weighted by Crippen LogP contribution is 2.26. The number of benzene rings is 1. The molecule has 11 heteroatoms. The summed E-state index contributed by atoms with van der Waals surface area (Å²) in [5, 5.41) is 12.1. The third-order valence-corrected chi connectivity index (χ3v) is 3.35. The number of rotatable bonds is 3. The van der Waals surface area contributed by atoms with E-state index in [-0.39, 0.29) is 0 Å². The minimum Gasteiger partial charge on any atom is -0.292 e. The van der Waals surface area contributed by atoms with Gasteiger partial charge < -0.3 is 0 Å². The van der Waals surface area contributed by atoms with E-state index in [1.807, 2.05) is 0 Å². The Morgan fingerprint density at radius 2 is 1.96 bits per heavy atom. The van der Waals surface area contributed by atoms with Crippen molar-refractivity contribution in [2.75, 3.05) is 5.32 Å². The number of H-pyrrole nitrogens is 1. The highest BCUT2D eigenvalue weighted by molar-refractivity contribution is 5.89. The Labute approximate surface area is 137 Å². The van der Waals surface area contributed by atoms with Crippen molar-refractivity contribution >= 4 is 22.6 Å². The van der Waals surface area contributed by atoms with Gasteiger partial charge in [-0.1, -0.05) is 18.2 Å². The maximum atomic E-state index is 12.4. The zero-order valence-electron chi connectivity index (χ0n) is 12.8. The van der Waals surface area contributed by atoms with Crippen molar-refractivity contribution in [1.82, 2.24) is 25.0 Å². The number of hydrogen-bond donors (Lipinski definition) is 2. The zero-order valence-corrected chi connectivity index (χ0v) is 12.8. The van der Waals surface area contributed by atoms with Gasteiger partial charge in [-0.05, 0) is 13.0 Å². The SMILES string of the molecule is Cc1nn(CC(=O)Nc2n[nH]c(C(F)(F)F)n2)c(=O)c2ccccc12. The molecule has 3 aromatic rings. The number of aromatic nitrogens is 5. The van der Waals surface area contributed by atoms with E-state index in [0.717, 1.165) is 4.68 Å². The first-order valence-electron chi connectivity index (χ1n) is 7.01. The van der Waals surface area contributed by atoms with Crippen molar-refractivity contribution in [3.8, 4) is 0 Å². The minimum atomic E-state index is -4.70. The highest BCUT2D eigenvalue weighted by Gasteiger charge is 2.35. The largest absolute Gasteiger partial charge is 0.451 e. The fraction of sp³-hybridized carbons (Fsp3) is 0.214. The first kappa shape index (κ1) is 16.6. The Morgan fingerprint density at radius 1 is 1.28 bits per heavy atom. The Balaban J connectivity index is 1.82. The summed E-state index contributed by atoms with van der Waals surface area (Å²) in [6.07, 6.45) is -4.70. The van der Waals surface area contributed by atoms with Crippen LogP contribution in [0.4, 0.5) is 19.1 Å². The van der Waals surface area contributed by atoms with Gasteiger partial charge in [-0.25, -0.2) is 4.68 Å². The molecule has 0 atom stereocenters. The number of aryl methyl sites for hydroxylation is 1. The van der Waals surface area contributed by atoms with Crippen LogP contribution in [0, 0.1) is 6.92 Å². The molecule has 0 fully saturated rings. The third kappa shape index (κ3) is 3.34. The molecule has 3 rings (SSSR count). The minimum absolute atomic E-state index is 0.389. The van der Waals surface area contributed by atoms with E-state index in [1.54, 1.807) is 36.3 Å². The molecule has 8 nitrogen and oxygen atoms in total. The summed E-state index contributed by atoms with van der Waals surface area (Å²) in [5.41, 5.74) is 0.0579. The van der Waals surface area contributed by atoms with E-state index in [4.69, 9.17) is 0 Å². The number of fused-ring (bicyclic) bond motifs is 1. The Hall–Kier alpha value is -3.24. The van der Waals surface area contributed by atoms with Gasteiger partial charge in [0.25, 0.3) is 5.56 Å². The molecular weight excluding hydrogens is 341 g/mol. The number of anilines is 1. The molecule has 1 amide bonds. The van der Waals surface area contributed by atoms with Crippen molar-refractivity contribution in [1.29, 1.82) is 0 Å².